The Bertz CT molecular complexity index is 677. The van der Waals surface area contributed by atoms with Crippen molar-refractivity contribution in [3.05, 3.63) is 29.3 Å². The Balaban J connectivity index is 1.75. The van der Waals surface area contributed by atoms with E-state index in [1.807, 2.05) is 0 Å². The molecule has 1 fully saturated rings. The van der Waals surface area contributed by atoms with E-state index in [-0.39, 0.29) is 31.0 Å². The highest BCUT2D eigenvalue weighted by Crippen LogP contribution is 2.19. The van der Waals surface area contributed by atoms with E-state index in [1.165, 1.54) is 0 Å². The number of halogens is 1. The Labute approximate surface area is 164 Å². The molecule has 1 saturated heterocycles. The van der Waals surface area contributed by atoms with Crippen molar-refractivity contribution < 1.29 is 24.0 Å². The third kappa shape index (κ3) is 6.41. The summed E-state index contributed by atoms with van der Waals surface area (Å²) >= 11 is 6.03. The van der Waals surface area contributed by atoms with Crippen LogP contribution in [0.3, 0.4) is 0 Å². The molecule has 9 heteroatoms. The van der Waals surface area contributed by atoms with Crippen LogP contribution in [-0.2, 0) is 14.3 Å². The van der Waals surface area contributed by atoms with Crippen molar-refractivity contribution in [3.8, 4) is 0 Å². The SMILES string of the molecule is CCOC(=O)N1CCN(C(=O)C[NH+](C)CC(=O)Nc2ccccc2Cl)CC1. The van der Waals surface area contributed by atoms with Gasteiger partial charge in [-0.05, 0) is 19.1 Å². The summed E-state index contributed by atoms with van der Waals surface area (Å²) in [5.74, 6) is -0.248. The number of benzene rings is 1. The number of rotatable bonds is 6. The lowest BCUT2D eigenvalue weighted by Crippen LogP contribution is -3.11. The molecule has 3 amide bonds. The molecule has 2 rings (SSSR count). The summed E-state index contributed by atoms with van der Waals surface area (Å²) in [5, 5.41) is 3.22. The van der Waals surface area contributed by atoms with Gasteiger partial charge in [0.15, 0.2) is 13.1 Å². The van der Waals surface area contributed by atoms with E-state index in [9.17, 15) is 14.4 Å². The van der Waals surface area contributed by atoms with Gasteiger partial charge in [-0.2, -0.15) is 0 Å². The van der Waals surface area contributed by atoms with E-state index < -0.39 is 0 Å². The van der Waals surface area contributed by atoms with Gasteiger partial charge in [0.25, 0.3) is 11.8 Å². The monoisotopic (exact) mass is 397 g/mol. The third-order valence-corrected chi connectivity index (χ3v) is 4.55. The predicted octanol–water partition coefficient (Wildman–Crippen LogP) is 0.0939. The summed E-state index contributed by atoms with van der Waals surface area (Å²) in [7, 11) is 1.79. The van der Waals surface area contributed by atoms with Gasteiger partial charge in [0.2, 0.25) is 0 Å². The van der Waals surface area contributed by atoms with Crippen LogP contribution >= 0.6 is 11.6 Å². The van der Waals surface area contributed by atoms with Crippen LogP contribution < -0.4 is 10.2 Å². The molecule has 2 N–H and O–H groups in total. The number of hydrogen-bond donors (Lipinski definition) is 2. The summed E-state index contributed by atoms with van der Waals surface area (Å²) < 4.78 is 4.97. The molecule has 8 nitrogen and oxygen atoms in total. The molecule has 1 unspecified atom stereocenters. The van der Waals surface area contributed by atoms with Crippen LogP contribution in [0.4, 0.5) is 10.5 Å². The quantitative estimate of drug-likeness (QED) is 0.713. The van der Waals surface area contributed by atoms with Crippen LogP contribution in [0.2, 0.25) is 5.02 Å². The van der Waals surface area contributed by atoms with Gasteiger partial charge in [0.05, 0.1) is 24.4 Å². The van der Waals surface area contributed by atoms with Crippen LogP contribution in [0.1, 0.15) is 6.92 Å². The molecule has 0 spiro atoms. The van der Waals surface area contributed by atoms with E-state index >= 15 is 0 Å². The lowest BCUT2D eigenvalue weighted by Gasteiger charge is -2.34. The number of nitrogens with one attached hydrogen (secondary N) is 2. The maximum atomic E-state index is 12.4. The molecule has 0 saturated carbocycles. The van der Waals surface area contributed by atoms with Gasteiger partial charge >= 0.3 is 6.09 Å². The summed E-state index contributed by atoms with van der Waals surface area (Å²) in [4.78, 5) is 40.3. The van der Waals surface area contributed by atoms with Gasteiger partial charge in [-0.15, -0.1) is 0 Å². The van der Waals surface area contributed by atoms with Crippen molar-refractivity contribution in [2.45, 2.75) is 6.92 Å². The first-order valence-electron chi connectivity index (χ1n) is 8.95. The lowest BCUT2D eigenvalue weighted by molar-refractivity contribution is -0.862. The van der Waals surface area contributed by atoms with E-state index in [0.29, 0.717) is 43.5 Å². The number of carbonyl (C=O) groups excluding carboxylic acids is 3. The molecular formula is C18H26ClN4O4+. The average molecular weight is 398 g/mol. The minimum Gasteiger partial charge on any atom is -0.450 e. The van der Waals surface area contributed by atoms with Crippen LogP contribution in [-0.4, -0.2) is 80.6 Å². The Kier molecular flexibility index (Phi) is 7.87. The van der Waals surface area contributed by atoms with Gasteiger partial charge in [0, 0.05) is 26.2 Å². The van der Waals surface area contributed by atoms with E-state index in [0.717, 1.165) is 4.90 Å². The van der Waals surface area contributed by atoms with E-state index in [4.69, 9.17) is 16.3 Å². The smallest absolute Gasteiger partial charge is 0.409 e. The largest absolute Gasteiger partial charge is 0.450 e. The number of quaternary nitrogens is 1. The number of carbonyl (C=O) groups is 3. The molecule has 0 radical (unpaired) electrons. The standard InChI is InChI=1S/C18H25ClN4O4/c1-3-27-18(26)23-10-8-22(9-11-23)17(25)13-21(2)12-16(24)20-15-7-5-4-6-14(15)19/h4-7H,3,8-13H2,1-2H3,(H,20,24)/p+1. The van der Waals surface area contributed by atoms with Gasteiger partial charge in [-0.1, -0.05) is 23.7 Å². The molecule has 0 aromatic heterocycles. The molecule has 1 aliphatic rings. The van der Waals surface area contributed by atoms with E-state index in [1.54, 1.807) is 48.0 Å². The number of anilines is 1. The number of nitrogens with zero attached hydrogens (tertiary/aromatic N) is 2. The zero-order chi connectivity index (χ0) is 19.8. The Morgan fingerprint density at radius 3 is 2.37 bits per heavy atom. The minimum atomic E-state index is -0.344. The Morgan fingerprint density at radius 1 is 1.11 bits per heavy atom. The first kappa shape index (κ1) is 21.0. The normalized spacial score (nSPS) is 15.2. The van der Waals surface area contributed by atoms with Crippen molar-refractivity contribution in [1.82, 2.24) is 9.80 Å². The highest BCUT2D eigenvalue weighted by atomic mass is 35.5. The maximum Gasteiger partial charge on any atom is 0.409 e. The first-order valence-corrected chi connectivity index (χ1v) is 9.33. The van der Waals surface area contributed by atoms with Crippen LogP contribution in [0.25, 0.3) is 0 Å². The summed E-state index contributed by atoms with van der Waals surface area (Å²) in [6, 6.07) is 7.00. The third-order valence-electron chi connectivity index (χ3n) is 4.22. The molecule has 1 aliphatic heterocycles. The second kappa shape index (κ2) is 10.1. The first-order chi connectivity index (χ1) is 12.9. The Morgan fingerprint density at radius 2 is 1.74 bits per heavy atom. The molecule has 148 valence electrons. The summed E-state index contributed by atoms with van der Waals surface area (Å²) in [5.41, 5.74) is 0.554. The van der Waals surface area contributed by atoms with Crippen molar-refractivity contribution in [2.75, 3.05) is 58.2 Å². The second-order valence-corrected chi connectivity index (χ2v) is 6.81. The molecule has 27 heavy (non-hydrogen) atoms. The zero-order valence-electron chi connectivity index (χ0n) is 15.7. The molecule has 1 aromatic carbocycles. The topological polar surface area (TPSA) is 83.4 Å². The second-order valence-electron chi connectivity index (χ2n) is 6.41. The molecule has 0 aliphatic carbocycles. The maximum absolute atomic E-state index is 12.4. The van der Waals surface area contributed by atoms with Crippen LogP contribution in [0.5, 0.6) is 0 Å². The highest BCUT2D eigenvalue weighted by Gasteiger charge is 2.26. The van der Waals surface area contributed by atoms with Gasteiger partial charge < -0.3 is 24.8 Å². The Hall–Kier alpha value is -2.32. The van der Waals surface area contributed by atoms with Gasteiger partial charge in [-0.25, -0.2) is 4.79 Å². The number of hydrogen-bond acceptors (Lipinski definition) is 4. The molecule has 1 heterocycles. The number of piperazine rings is 1. The summed E-state index contributed by atoms with van der Waals surface area (Å²) in [6.07, 6.45) is -0.344. The number of para-hydroxylation sites is 1. The van der Waals surface area contributed by atoms with Gasteiger partial charge in [0.1, 0.15) is 0 Å². The van der Waals surface area contributed by atoms with Crippen molar-refractivity contribution in [3.63, 3.8) is 0 Å². The van der Waals surface area contributed by atoms with Crippen molar-refractivity contribution in [1.29, 1.82) is 0 Å². The zero-order valence-corrected chi connectivity index (χ0v) is 16.4. The minimum absolute atomic E-state index is 0.0402. The highest BCUT2D eigenvalue weighted by molar-refractivity contribution is 6.33. The molecule has 0 bridgehead atoms. The fraction of sp³-hybridized carbons (Fsp3) is 0.500. The molecule has 1 atom stereocenters. The van der Waals surface area contributed by atoms with Crippen LogP contribution in [0, 0.1) is 0 Å². The average Bonchev–Trinajstić information content (AvgIpc) is 2.63. The predicted molar refractivity (Wildman–Crippen MR) is 102 cm³/mol. The fourth-order valence-corrected chi connectivity index (χ4v) is 3.00. The fourth-order valence-electron chi connectivity index (χ4n) is 2.82. The van der Waals surface area contributed by atoms with Crippen LogP contribution in [0.15, 0.2) is 24.3 Å². The van der Waals surface area contributed by atoms with Crippen molar-refractivity contribution >= 4 is 35.2 Å². The number of amides is 3. The number of likely N-dealkylation sites (N-methyl/N-ethyl adjacent to an activating group) is 1. The lowest BCUT2D eigenvalue weighted by atomic mass is 10.3. The summed E-state index contributed by atoms with van der Waals surface area (Å²) in [6.45, 7) is 4.30. The molecular weight excluding hydrogens is 372 g/mol. The van der Waals surface area contributed by atoms with E-state index in [2.05, 4.69) is 5.32 Å². The number of ether oxygens (including phenoxy) is 1. The van der Waals surface area contributed by atoms with Gasteiger partial charge in [-0.3, -0.25) is 9.59 Å². The van der Waals surface area contributed by atoms with Crippen molar-refractivity contribution in [2.24, 2.45) is 0 Å². The molecule has 1 aromatic rings.